The lowest BCUT2D eigenvalue weighted by Crippen LogP contribution is -2.26. The molecule has 126 valence electrons. The molecule has 6 heteroatoms. The minimum atomic E-state index is -0.612. The van der Waals surface area contributed by atoms with Gasteiger partial charge in [-0.15, -0.1) is 0 Å². The molecule has 1 atom stereocenters. The number of carbonyl (C=O) groups is 1. The van der Waals surface area contributed by atoms with Gasteiger partial charge in [0.25, 0.3) is 0 Å². The maximum Gasteiger partial charge on any atom is 0.340 e. The first-order chi connectivity index (χ1) is 12.2. The van der Waals surface area contributed by atoms with E-state index < -0.39 is 11.9 Å². The van der Waals surface area contributed by atoms with Gasteiger partial charge in [-0.2, -0.15) is 16.6 Å². The number of benzene rings is 1. The van der Waals surface area contributed by atoms with Gasteiger partial charge in [-0.3, -0.25) is 0 Å². The van der Waals surface area contributed by atoms with E-state index in [1.54, 1.807) is 6.92 Å². The molecule has 2 heterocycles. The average Bonchev–Trinajstić information content (AvgIpc) is 3.16. The van der Waals surface area contributed by atoms with Crippen molar-refractivity contribution in [2.45, 2.75) is 12.8 Å². The summed E-state index contributed by atoms with van der Waals surface area (Å²) in [6, 6.07) is 13.3. The summed E-state index contributed by atoms with van der Waals surface area (Å²) >= 11 is 1.48. The second-order valence-electron chi connectivity index (χ2n) is 5.31. The van der Waals surface area contributed by atoms with E-state index in [4.69, 9.17) is 15.2 Å². The molecule has 0 amide bonds. The fourth-order valence-corrected chi connectivity index (χ4v) is 3.44. The zero-order valence-electron chi connectivity index (χ0n) is 13.6. The molecule has 0 unspecified atom stereocenters. The van der Waals surface area contributed by atoms with Crippen LogP contribution in [0, 0.1) is 11.3 Å². The zero-order valence-corrected chi connectivity index (χ0v) is 14.4. The highest BCUT2D eigenvalue weighted by molar-refractivity contribution is 7.08. The average molecular weight is 352 g/mol. The number of nitrogens with two attached hydrogens (primary N) is 1. The minimum Gasteiger partial charge on any atom is -0.462 e. The van der Waals surface area contributed by atoms with Crippen molar-refractivity contribution in [3.05, 3.63) is 75.3 Å². The molecule has 0 saturated carbocycles. The third kappa shape index (κ3) is 3.14. The summed E-state index contributed by atoms with van der Waals surface area (Å²) in [5, 5.41) is 13.6. The summed E-state index contributed by atoms with van der Waals surface area (Å²) in [5.74, 6) is -0.854. The predicted molar refractivity (Wildman–Crippen MR) is 95.0 cm³/mol. The van der Waals surface area contributed by atoms with Crippen molar-refractivity contribution in [3.8, 4) is 6.07 Å². The number of rotatable bonds is 4. The Kier molecular flexibility index (Phi) is 4.87. The van der Waals surface area contributed by atoms with Gasteiger partial charge in [-0.1, -0.05) is 30.3 Å². The van der Waals surface area contributed by atoms with Crippen LogP contribution < -0.4 is 5.73 Å². The Hall–Kier alpha value is -3.04. The molecule has 0 spiro atoms. The molecule has 0 radical (unpaired) electrons. The molecule has 0 fully saturated rings. The van der Waals surface area contributed by atoms with Crippen LogP contribution in [0.3, 0.4) is 0 Å². The number of esters is 1. The van der Waals surface area contributed by atoms with Crippen LogP contribution in [0.5, 0.6) is 0 Å². The number of hydrogen-bond donors (Lipinski definition) is 1. The van der Waals surface area contributed by atoms with Crippen LogP contribution in [0.2, 0.25) is 0 Å². The Morgan fingerprint density at radius 1 is 1.36 bits per heavy atom. The topological polar surface area (TPSA) is 85.3 Å². The van der Waals surface area contributed by atoms with E-state index in [1.807, 2.05) is 47.2 Å². The molecule has 0 aliphatic carbocycles. The fraction of sp³-hybridized carbons (Fsp3) is 0.158. The first-order valence-corrected chi connectivity index (χ1v) is 8.68. The maximum atomic E-state index is 12.5. The summed E-state index contributed by atoms with van der Waals surface area (Å²) in [4.78, 5) is 12.5. The number of allylic oxidation sites excluding steroid dienone is 1. The van der Waals surface area contributed by atoms with Crippen molar-refractivity contribution < 1.29 is 14.3 Å². The van der Waals surface area contributed by atoms with Crippen LogP contribution in [0.15, 0.2) is 64.2 Å². The molecule has 0 bridgehead atoms. The summed E-state index contributed by atoms with van der Waals surface area (Å²) < 4.78 is 10.8. The third-order valence-electron chi connectivity index (χ3n) is 3.83. The lowest BCUT2D eigenvalue weighted by Gasteiger charge is -2.27. The standard InChI is InChI=1S/C19H16N2O3S/c1-2-23-19(22)16-15(13-8-9-25-11-13)14(10-20)17(24-18(16)21)12-6-4-3-5-7-12/h3-9,11,15H,2,21H2,1H3/t15-/m1/s1. The van der Waals surface area contributed by atoms with Crippen LogP contribution in [0.25, 0.3) is 5.76 Å². The maximum absolute atomic E-state index is 12.5. The van der Waals surface area contributed by atoms with Gasteiger partial charge in [0, 0.05) is 5.56 Å². The van der Waals surface area contributed by atoms with E-state index in [-0.39, 0.29) is 18.1 Å². The first-order valence-electron chi connectivity index (χ1n) is 7.73. The van der Waals surface area contributed by atoms with Gasteiger partial charge in [-0.05, 0) is 29.3 Å². The number of hydrogen-bond acceptors (Lipinski definition) is 6. The molecule has 1 aliphatic rings. The predicted octanol–water partition coefficient (Wildman–Crippen LogP) is 3.53. The second-order valence-corrected chi connectivity index (χ2v) is 6.09. The first kappa shape index (κ1) is 16.8. The van der Waals surface area contributed by atoms with Crippen molar-refractivity contribution >= 4 is 23.1 Å². The molecular weight excluding hydrogens is 336 g/mol. The Bertz CT molecular complexity index is 877. The van der Waals surface area contributed by atoms with E-state index in [0.717, 1.165) is 11.1 Å². The molecule has 0 saturated heterocycles. The lowest BCUT2D eigenvalue weighted by atomic mass is 9.83. The van der Waals surface area contributed by atoms with Crippen LogP contribution in [-0.4, -0.2) is 12.6 Å². The van der Waals surface area contributed by atoms with Gasteiger partial charge in [0.05, 0.1) is 24.2 Å². The molecule has 1 aromatic carbocycles. The number of carbonyl (C=O) groups excluding carboxylic acids is 1. The molecule has 1 aliphatic heterocycles. The highest BCUT2D eigenvalue weighted by Crippen LogP contribution is 2.43. The summed E-state index contributed by atoms with van der Waals surface area (Å²) in [5.41, 5.74) is 8.10. The van der Waals surface area contributed by atoms with Crippen molar-refractivity contribution in [2.24, 2.45) is 5.73 Å². The SMILES string of the molecule is CCOC(=O)C1=C(N)OC(c2ccccc2)=C(C#N)[C@H]1c1ccsc1. The van der Waals surface area contributed by atoms with Gasteiger partial charge in [0.2, 0.25) is 5.88 Å². The number of thiophene rings is 1. The van der Waals surface area contributed by atoms with Crippen LogP contribution in [0.1, 0.15) is 24.0 Å². The smallest absolute Gasteiger partial charge is 0.340 e. The zero-order chi connectivity index (χ0) is 17.8. The lowest BCUT2D eigenvalue weighted by molar-refractivity contribution is -0.139. The molecular formula is C19H16N2O3S. The second kappa shape index (κ2) is 7.24. The quantitative estimate of drug-likeness (QED) is 0.851. The molecule has 2 aromatic rings. The number of nitriles is 1. The van der Waals surface area contributed by atoms with E-state index in [0.29, 0.717) is 11.3 Å². The van der Waals surface area contributed by atoms with Crippen molar-refractivity contribution in [3.63, 3.8) is 0 Å². The third-order valence-corrected chi connectivity index (χ3v) is 4.53. The van der Waals surface area contributed by atoms with Crippen molar-refractivity contribution in [2.75, 3.05) is 6.61 Å². The molecule has 3 rings (SSSR count). The van der Waals surface area contributed by atoms with Gasteiger partial charge in [0.1, 0.15) is 5.57 Å². The fourth-order valence-electron chi connectivity index (χ4n) is 2.76. The normalized spacial score (nSPS) is 17.0. The number of ether oxygens (including phenoxy) is 2. The van der Waals surface area contributed by atoms with Crippen molar-refractivity contribution in [1.29, 1.82) is 5.26 Å². The van der Waals surface area contributed by atoms with E-state index in [1.165, 1.54) is 11.3 Å². The molecule has 25 heavy (non-hydrogen) atoms. The van der Waals surface area contributed by atoms with Crippen LogP contribution in [-0.2, 0) is 14.3 Å². The van der Waals surface area contributed by atoms with Gasteiger partial charge < -0.3 is 15.2 Å². The molecule has 1 aromatic heterocycles. The van der Waals surface area contributed by atoms with E-state index >= 15 is 0 Å². The minimum absolute atomic E-state index is 0.0347. The number of nitrogens with zero attached hydrogens (tertiary/aromatic N) is 1. The summed E-state index contributed by atoms with van der Waals surface area (Å²) in [6.45, 7) is 1.93. The Balaban J connectivity index is 2.19. The summed E-state index contributed by atoms with van der Waals surface area (Å²) in [7, 11) is 0. The largest absolute Gasteiger partial charge is 0.462 e. The van der Waals surface area contributed by atoms with Crippen molar-refractivity contribution in [1.82, 2.24) is 0 Å². The van der Waals surface area contributed by atoms with Gasteiger partial charge in [-0.25, -0.2) is 4.79 Å². The highest BCUT2D eigenvalue weighted by atomic mass is 32.1. The Morgan fingerprint density at radius 2 is 2.12 bits per heavy atom. The van der Waals surface area contributed by atoms with Gasteiger partial charge in [0.15, 0.2) is 5.76 Å². The van der Waals surface area contributed by atoms with Gasteiger partial charge >= 0.3 is 5.97 Å². The van der Waals surface area contributed by atoms with Crippen LogP contribution >= 0.6 is 11.3 Å². The Labute approximate surface area is 149 Å². The monoisotopic (exact) mass is 352 g/mol. The molecule has 2 N–H and O–H groups in total. The van der Waals surface area contributed by atoms with E-state index in [2.05, 4.69) is 6.07 Å². The highest BCUT2D eigenvalue weighted by Gasteiger charge is 2.38. The Morgan fingerprint density at radius 3 is 2.72 bits per heavy atom. The van der Waals surface area contributed by atoms with Crippen LogP contribution in [0.4, 0.5) is 0 Å². The summed E-state index contributed by atoms with van der Waals surface area (Å²) in [6.07, 6.45) is 0. The molecule has 5 nitrogen and oxygen atoms in total. The van der Waals surface area contributed by atoms with E-state index in [9.17, 15) is 10.1 Å².